The van der Waals surface area contributed by atoms with Crippen molar-refractivity contribution in [3.05, 3.63) is 35.9 Å². The molecule has 1 aliphatic carbocycles. The Kier molecular flexibility index (Phi) is 2.62. The van der Waals surface area contributed by atoms with Crippen molar-refractivity contribution in [2.45, 2.75) is 19.3 Å². The quantitative estimate of drug-likeness (QED) is 0.825. The first-order chi connectivity index (χ1) is 9.13. The maximum absolute atomic E-state index is 12.2. The number of amides is 4. The zero-order valence-corrected chi connectivity index (χ0v) is 10.4. The molecule has 1 aromatic carbocycles. The van der Waals surface area contributed by atoms with E-state index in [9.17, 15) is 14.4 Å². The molecule has 1 N–H and O–H groups in total. The first-order valence-electron chi connectivity index (χ1n) is 6.35. The number of hydrogen-bond donors (Lipinski definition) is 1. The Morgan fingerprint density at radius 1 is 1.11 bits per heavy atom. The van der Waals surface area contributed by atoms with Gasteiger partial charge in [-0.25, -0.2) is 4.79 Å². The summed E-state index contributed by atoms with van der Waals surface area (Å²) in [6.07, 6.45) is 1.70. The number of imide groups is 2. The van der Waals surface area contributed by atoms with Crippen molar-refractivity contribution >= 4 is 17.8 Å². The maximum atomic E-state index is 12.2. The van der Waals surface area contributed by atoms with Crippen molar-refractivity contribution in [3.63, 3.8) is 0 Å². The second-order valence-corrected chi connectivity index (χ2v) is 5.03. The molecule has 98 valence electrons. The Bertz CT molecular complexity index is 549. The largest absolute Gasteiger partial charge is 0.330 e. The fourth-order valence-electron chi connectivity index (χ4n) is 2.39. The molecule has 1 aliphatic heterocycles. The molecule has 5 nitrogen and oxygen atoms in total. The number of carbonyl (C=O) groups is 3. The average molecular weight is 258 g/mol. The van der Waals surface area contributed by atoms with Crippen LogP contribution in [0.25, 0.3) is 0 Å². The van der Waals surface area contributed by atoms with E-state index in [-0.39, 0.29) is 5.91 Å². The Morgan fingerprint density at radius 3 is 2.42 bits per heavy atom. The topological polar surface area (TPSA) is 66.5 Å². The summed E-state index contributed by atoms with van der Waals surface area (Å²) in [7, 11) is 0. The number of hydrogen-bond acceptors (Lipinski definition) is 3. The van der Waals surface area contributed by atoms with Crippen LogP contribution in [-0.2, 0) is 16.0 Å². The van der Waals surface area contributed by atoms with E-state index in [1.165, 1.54) is 4.90 Å². The van der Waals surface area contributed by atoms with Crippen LogP contribution in [0.4, 0.5) is 4.79 Å². The second kappa shape index (κ2) is 4.19. The minimum absolute atomic E-state index is 0.309. The lowest BCUT2D eigenvalue weighted by Gasteiger charge is -2.30. The van der Waals surface area contributed by atoms with E-state index >= 15 is 0 Å². The highest BCUT2D eigenvalue weighted by Crippen LogP contribution is 2.48. The van der Waals surface area contributed by atoms with Gasteiger partial charge in [0, 0.05) is 6.54 Å². The summed E-state index contributed by atoms with van der Waals surface area (Å²) in [5, 5.41) is 2.28. The number of barbiturate groups is 1. The summed E-state index contributed by atoms with van der Waals surface area (Å²) in [4.78, 5) is 36.7. The Morgan fingerprint density at radius 2 is 1.79 bits per heavy atom. The van der Waals surface area contributed by atoms with Crippen LogP contribution in [0.1, 0.15) is 18.4 Å². The molecule has 3 rings (SSSR count). The summed E-state index contributed by atoms with van der Waals surface area (Å²) in [6, 6.07) is 9.05. The Balaban J connectivity index is 1.72. The third-order valence-electron chi connectivity index (χ3n) is 3.77. The zero-order valence-electron chi connectivity index (χ0n) is 10.4. The highest BCUT2D eigenvalue weighted by Gasteiger charge is 2.61. The van der Waals surface area contributed by atoms with Gasteiger partial charge in [-0.05, 0) is 24.8 Å². The van der Waals surface area contributed by atoms with E-state index in [1.807, 2.05) is 30.3 Å². The molecule has 2 aliphatic rings. The van der Waals surface area contributed by atoms with Crippen molar-refractivity contribution in [1.29, 1.82) is 0 Å². The van der Waals surface area contributed by atoms with E-state index in [2.05, 4.69) is 5.32 Å². The standard InChI is InChI=1S/C14H14N2O3/c17-11-14(7-8-14)12(18)16(13(19)15-11)9-6-10-4-2-1-3-5-10/h1-5H,6-9H2,(H,15,17,19). The van der Waals surface area contributed by atoms with Crippen LogP contribution in [0, 0.1) is 5.41 Å². The van der Waals surface area contributed by atoms with Crippen LogP contribution in [0.3, 0.4) is 0 Å². The predicted molar refractivity (Wildman–Crippen MR) is 67.1 cm³/mol. The summed E-state index contributed by atoms with van der Waals surface area (Å²) < 4.78 is 0. The molecular weight excluding hydrogens is 244 g/mol. The third kappa shape index (κ3) is 1.91. The SMILES string of the molecule is O=C1NC(=O)C2(CC2)C(=O)N1CCc1ccccc1. The Hall–Kier alpha value is -2.17. The molecule has 0 bridgehead atoms. The van der Waals surface area contributed by atoms with Gasteiger partial charge in [0.2, 0.25) is 11.8 Å². The van der Waals surface area contributed by atoms with Crippen molar-refractivity contribution < 1.29 is 14.4 Å². The molecular formula is C14H14N2O3. The number of nitrogens with one attached hydrogen (secondary N) is 1. The van der Waals surface area contributed by atoms with Gasteiger partial charge >= 0.3 is 6.03 Å². The second-order valence-electron chi connectivity index (χ2n) is 5.03. The Labute approximate surface area is 110 Å². The molecule has 4 amide bonds. The molecule has 0 unspecified atom stereocenters. The lowest BCUT2D eigenvalue weighted by Crippen LogP contribution is -2.59. The first-order valence-corrected chi connectivity index (χ1v) is 6.35. The van der Waals surface area contributed by atoms with Gasteiger partial charge in [0.25, 0.3) is 0 Å². The maximum Gasteiger partial charge on any atom is 0.330 e. The van der Waals surface area contributed by atoms with Gasteiger partial charge < -0.3 is 0 Å². The summed E-state index contributed by atoms with van der Waals surface area (Å²) >= 11 is 0. The molecule has 0 atom stereocenters. The highest BCUT2D eigenvalue weighted by molar-refractivity contribution is 6.20. The number of rotatable bonds is 3. The number of nitrogens with zero attached hydrogens (tertiary/aromatic N) is 1. The van der Waals surface area contributed by atoms with Crippen molar-refractivity contribution in [1.82, 2.24) is 10.2 Å². The monoisotopic (exact) mass is 258 g/mol. The minimum Gasteiger partial charge on any atom is -0.277 e. The summed E-state index contributed by atoms with van der Waals surface area (Å²) in [5.74, 6) is -0.768. The number of benzene rings is 1. The number of carbonyl (C=O) groups excluding carboxylic acids is 3. The van der Waals surface area contributed by atoms with Gasteiger partial charge in [0.15, 0.2) is 0 Å². The lowest BCUT2D eigenvalue weighted by atomic mass is 10.0. The average Bonchev–Trinajstić information content (AvgIpc) is 3.20. The molecule has 1 aromatic rings. The van der Waals surface area contributed by atoms with Gasteiger partial charge in [-0.1, -0.05) is 30.3 Å². The summed E-state index contributed by atoms with van der Waals surface area (Å²) in [6.45, 7) is 0.309. The zero-order chi connectivity index (χ0) is 13.5. The van der Waals surface area contributed by atoms with E-state index in [0.29, 0.717) is 25.8 Å². The van der Waals surface area contributed by atoms with E-state index in [1.54, 1.807) is 0 Å². The van der Waals surface area contributed by atoms with Gasteiger partial charge in [-0.2, -0.15) is 0 Å². The number of urea groups is 1. The van der Waals surface area contributed by atoms with Crippen molar-refractivity contribution in [2.75, 3.05) is 6.54 Å². The fraction of sp³-hybridized carbons (Fsp3) is 0.357. The smallest absolute Gasteiger partial charge is 0.277 e. The molecule has 5 heteroatoms. The summed E-state index contributed by atoms with van der Waals surface area (Å²) in [5.41, 5.74) is 0.120. The molecule has 19 heavy (non-hydrogen) atoms. The van der Waals surface area contributed by atoms with E-state index < -0.39 is 17.4 Å². The van der Waals surface area contributed by atoms with E-state index in [4.69, 9.17) is 0 Å². The van der Waals surface area contributed by atoms with Gasteiger partial charge in [0.1, 0.15) is 5.41 Å². The van der Waals surface area contributed by atoms with Gasteiger partial charge in [-0.15, -0.1) is 0 Å². The van der Waals surface area contributed by atoms with Crippen LogP contribution >= 0.6 is 0 Å². The molecule has 1 spiro atoms. The molecule has 0 aromatic heterocycles. The highest BCUT2D eigenvalue weighted by atomic mass is 16.2. The third-order valence-corrected chi connectivity index (χ3v) is 3.77. The van der Waals surface area contributed by atoms with Crippen LogP contribution in [-0.4, -0.2) is 29.3 Å². The molecule has 1 saturated heterocycles. The van der Waals surface area contributed by atoms with Crippen molar-refractivity contribution in [2.24, 2.45) is 5.41 Å². The molecule has 0 radical (unpaired) electrons. The minimum atomic E-state index is -0.940. The van der Waals surface area contributed by atoms with Crippen molar-refractivity contribution in [3.8, 4) is 0 Å². The lowest BCUT2D eigenvalue weighted by molar-refractivity contribution is -0.144. The fourth-order valence-corrected chi connectivity index (χ4v) is 2.39. The van der Waals surface area contributed by atoms with Crippen LogP contribution < -0.4 is 5.32 Å². The molecule has 1 saturated carbocycles. The van der Waals surface area contributed by atoms with E-state index in [0.717, 1.165) is 5.56 Å². The normalized spacial score (nSPS) is 20.6. The molecule has 1 heterocycles. The van der Waals surface area contributed by atoms with Gasteiger partial charge in [-0.3, -0.25) is 19.8 Å². The molecule has 2 fully saturated rings. The predicted octanol–water partition coefficient (Wildman–Crippen LogP) is 1.09. The van der Waals surface area contributed by atoms with Crippen LogP contribution in [0.15, 0.2) is 30.3 Å². The first kappa shape index (κ1) is 11.9. The van der Waals surface area contributed by atoms with Gasteiger partial charge in [0.05, 0.1) is 0 Å². The van der Waals surface area contributed by atoms with Crippen LogP contribution in [0.2, 0.25) is 0 Å². The van der Waals surface area contributed by atoms with Crippen LogP contribution in [0.5, 0.6) is 0 Å².